The van der Waals surface area contributed by atoms with Crippen molar-refractivity contribution < 1.29 is 24.2 Å². The van der Waals surface area contributed by atoms with Gasteiger partial charge in [-0.25, -0.2) is 0 Å². The number of nitrogens with zero attached hydrogens (tertiary/aromatic N) is 3. The highest BCUT2D eigenvalue weighted by atomic mass is 16.7. The number of amides is 3. The zero-order valence-corrected chi connectivity index (χ0v) is 25.2. The third-order valence-electron chi connectivity index (χ3n) is 10.7. The third-order valence-corrected chi connectivity index (χ3v) is 10.7. The first-order valence-corrected chi connectivity index (χ1v) is 15.6. The van der Waals surface area contributed by atoms with Crippen molar-refractivity contribution in [2.75, 3.05) is 20.1 Å². The van der Waals surface area contributed by atoms with Gasteiger partial charge in [0, 0.05) is 48.1 Å². The Hall–Kier alpha value is -2.95. The van der Waals surface area contributed by atoms with Crippen LogP contribution in [0, 0.1) is 17.8 Å². The molecule has 7 atom stereocenters. The highest BCUT2D eigenvalue weighted by Gasteiger charge is 2.72. The molecule has 5 heterocycles. The number of ether oxygens (including phenoxy) is 1. The molecule has 0 saturated carbocycles. The van der Waals surface area contributed by atoms with E-state index in [-0.39, 0.29) is 35.6 Å². The number of hydrogen-bond acceptors (Lipinski definition) is 6. The minimum absolute atomic E-state index is 0.116. The maximum atomic E-state index is 14.4. The summed E-state index contributed by atoms with van der Waals surface area (Å²) in [5.41, 5.74) is 1.93. The van der Waals surface area contributed by atoms with Crippen molar-refractivity contribution in [3.63, 3.8) is 0 Å². The highest BCUT2D eigenvalue weighted by molar-refractivity contribution is 5.97. The molecule has 4 saturated heterocycles. The normalized spacial score (nSPS) is 36.1. The molecule has 3 amide bonds. The topological polar surface area (TPSA) is 118 Å². The SMILES string of the molecule is CC(C)C[C@H]1C(=O)N2CCC[C@H]2[C@@]2(O)O[C@@](NC(=O)[C@@H]3C[C@@H]4c5cccc6[nH]cc(c56)C[C@@H]4N(C)C3)(C(C)C)C(=O)N12. The summed E-state index contributed by atoms with van der Waals surface area (Å²) in [6.07, 6.45) is 5.36. The third kappa shape index (κ3) is 3.77. The maximum Gasteiger partial charge on any atom is 0.281 e. The molecule has 0 radical (unpaired) electrons. The van der Waals surface area contributed by atoms with Crippen LogP contribution < -0.4 is 5.32 Å². The number of aromatic nitrogens is 1. The summed E-state index contributed by atoms with van der Waals surface area (Å²) in [7, 11) is 2.07. The van der Waals surface area contributed by atoms with Crippen LogP contribution in [0.5, 0.6) is 0 Å². The lowest BCUT2D eigenvalue weighted by Crippen LogP contribution is -2.71. The number of fused-ring (bicyclic) bond motifs is 5. The molecule has 10 heteroatoms. The number of likely N-dealkylation sites (tertiary alicyclic amines) is 1. The van der Waals surface area contributed by atoms with Gasteiger partial charge in [-0.05, 0) is 62.3 Å². The largest absolute Gasteiger partial charge is 0.361 e. The van der Waals surface area contributed by atoms with E-state index < -0.39 is 35.5 Å². The molecule has 4 fully saturated rings. The zero-order chi connectivity index (χ0) is 29.7. The van der Waals surface area contributed by atoms with E-state index in [9.17, 15) is 19.5 Å². The summed E-state index contributed by atoms with van der Waals surface area (Å²) in [6.45, 7) is 8.73. The standard InChI is InChI=1S/C32H43N5O5/c1-17(2)12-25-29(39)36-11-7-10-26(36)32(41)37(25)30(40)31(42-32,18(3)4)34-28(38)20-13-22-21-8-6-9-23-27(21)19(15-33-23)14-24(22)35(5)16-20/h6,8-9,15,17-18,20,22,24-26,33,41H,7,10-14,16H2,1-5H3,(H,34,38)/t20-,22-,24+,25+,26+,31+,32-/m1/s1. The molecule has 0 bridgehead atoms. The van der Waals surface area contributed by atoms with E-state index in [4.69, 9.17) is 4.74 Å². The lowest BCUT2D eigenvalue weighted by atomic mass is 9.72. The number of aromatic amines is 1. The summed E-state index contributed by atoms with van der Waals surface area (Å²) in [4.78, 5) is 50.8. The predicted octanol–water partition coefficient (Wildman–Crippen LogP) is 2.52. The number of H-pyrrole nitrogens is 1. The van der Waals surface area contributed by atoms with Crippen LogP contribution in [0.3, 0.4) is 0 Å². The van der Waals surface area contributed by atoms with Gasteiger partial charge in [0.25, 0.3) is 11.8 Å². The Balaban J connectivity index is 1.20. The maximum absolute atomic E-state index is 14.4. The number of hydrogen-bond donors (Lipinski definition) is 3. The summed E-state index contributed by atoms with van der Waals surface area (Å²) < 4.78 is 6.45. The molecule has 42 heavy (non-hydrogen) atoms. The molecule has 1 aromatic carbocycles. The minimum atomic E-state index is -1.99. The van der Waals surface area contributed by atoms with Crippen LogP contribution in [0.1, 0.15) is 70.4 Å². The van der Waals surface area contributed by atoms with Crippen molar-refractivity contribution in [2.24, 2.45) is 17.8 Å². The van der Waals surface area contributed by atoms with Crippen molar-refractivity contribution in [2.45, 2.75) is 95.5 Å². The van der Waals surface area contributed by atoms with Crippen LogP contribution in [0.15, 0.2) is 24.4 Å². The molecule has 0 spiro atoms. The molecule has 5 aliphatic rings. The Morgan fingerprint density at radius 1 is 1.24 bits per heavy atom. The van der Waals surface area contributed by atoms with Crippen LogP contribution in [0.2, 0.25) is 0 Å². The summed E-state index contributed by atoms with van der Waals surface area (Å²) >= 11 is 0. The molecule has 1 aromatic heterocycles. The average molecular weight is 578 g/mol. The number of nitrogens with one attached hydrogen (secondary N) is 2. The van der Waals surface area contributed by atoms with E-state index in [1.807, 2.05) is 27.7 Å². The van der Waals surface area contributed by atoms with Crippen molar-refractivity contribution in [3.05, 3.63) is 35.5 Å². The quantitative estimate of drug-likeness (QED) is 0.503. The van der Waals surface area contributed by atoms with Crippen molar-refractivity contribution in [1.29, 1.82) is 0 Å². The summed E-state index contributed by atoms with van der Waals surface area (Å²) in [5, 5.41) is 16.4. The van der Waals surface area contributed by atoms with Gasteiger partial charge in [0.05, 0.1) is 5.92 Å². The van der Waals surface area contributed by atoms with Gasteiger partial charge in [-0.3, -0.25) is 24.0 Å². The van der Waals surface area contributed by atoms with Crippen LogP contribution in [-0.4, -0.2) is 92.4 Å². The van der Waals surface area contributed by atoms with Crippen LogP contribution in [0.25, 0.3) is 10.9 Å². The molecule has 2 aromatic rings. The molecule has 10 nitrogen and oxygen atoms in total. The second kappa shape index (κ2) is 9.53. The zero-order valence-electron chi connectivity index (χ0n) is 25.2. The number of likely N-dealkylation sites (N-methyl/N-ethyl adjacent to an activating group) is 1. The number of benzene rings is 1. The predicted molar refractivity (Wildman–Crippen MR) is 156 cm³/mol. The van der Waals surface area contributed by atoms with Gasteiger partial charge in [-0.15, -0.1) is 0 Å². The lowest BCUT2D eigenvalue weighted by molar-refractivity contribution is -0.322. The first kappa shape index (κ1) is 27.9. The number of carbonyl (C=O) groups excluding carboxylic acids is 3. The minimum Gasteiger partial charge on any atom is -0.361 e. The summed E-state index contributed by atoms with van der Waals surface area (Å²) in [5.74, 6) is -3.48. The number of piperazine rings is 1. The van der Waals surface area contributed by atoms with Crippen LogP contribution in [-0.2, 0) is 25.5 Å². The fraction of sp³-hybridized carbons (Fsp3) is 0.656. The Morgan fingerprint density at radius 2 is 2.02 bits per heavy atom. The number of rotatable bonds is 5. The van der Waals surface area contributed by atoms with Crippen molar-refractivity contribution >= 4 is 28.6 Å². The fourth-order valence-corrected chi connectivity index (χ4v) is 8.63. The van der Waals surface area contributed by atoms with Gasteiger partial charge in [0.1, 0.15) is 12.1 Å². The highest BCUT2D eigenvalue weighted by Crippen LogP contribution is 2.49. The lowest BCUT2D eigenvalue weighted by Gasteiger charge is -2.49. The molecule has 7 rings (SSSR count). The van der Waals surface area contributed by atoms with Gasteiger partial charge >= 0.3 is 0 Å². The average Bonchev–Trinajstić information content (AvgIpc) is 3.65. The van der Waals surface area contributed by atoms with E-state index >= 15 is 0 Å². The van der Waals surface area contributed by atoms with Gasteiger partial charge in [0.15, 0.2) is 0 Å². The van der Waals surface area contributed by atoms with Crippen molar-refractivity contribution in [3.8, 4) is 0 Å². The second-order valence-corrected chi connectivity index (χ2v) is 14.0. The van der Waals surface area contributed by atoms with E-state index in [1.165, 1.54) is 21.4 Å². The molecule has 1 aliphatic carbocycles. The number of piperidine rings is 1. The Kier molecular flexibility index (Phi) is 6.32. The van der Waals surface area contributed by atoms with Crippen LogP contribution >= 0.6 is 0 Å². The Morgan fingerprint density at radius 3 is 2.76 bits per heavy atom. The van der Waals surface area contributed by atoms with E-state index in [2.05, 4.69) is 46.6 Å². The van der Waals surface area contributed by atoms with E-state index in [0.29, 0.717) is 32.4 Å². The van der Waals surface area contributed by atoms with Crippen LogP contribution in [0.4, 0.5) is 0 Å². The monoisotopic (exact) mass is 577 g/mol. The molecule has 4 aliphatic heterocycles. The molecule has 3 N–H and O–H groups in total. The molecular formula is C32H43N5O5. The first-order valence-electron chi connectivity index (χ1n) is 15.6. The van der Waals surface area contributed by atoms with Gasteiger partial charge < -0.3 is 25.2 Å². The fourth-order valence-electron chi connectivity index (χ4n) is 8.63. The van der Waals surface area contributed by atoms with Crippen molar-refractivity contribution in [1.82, 2.24) is 25.0 Å². The van der Waals surface area contributed by atoms with Gasteiger partial charge in [-0.1, -0.05) is 39.8 Å². The van der Waals surface area contributed by atoms with E-state index in [1.54, 1.807) is 4.90 Å². The smallest absolute Gasteiger partial charge is 0.281 e. The molecule has 226 valence electrons. The molecule has 0 unspecified atom stereocenters. The van der Waals surface area contributed by atoms with E-state index in [0.717, 1.165) is 18.4 Å². The van der Waals surface area contributed by atoms with Gasteiger partial charge in [0.2, 0.25) is 17.5 Å². The number of aliphatic hydroxyl groups is 1. The summed E-state index contributed by atoms with van der Waals surface area (Å²) in [6, 6.07) is 5.13. The Bertz CT molecular complexity index is 1450. The first-order chi connectivity index (χ1) is 20.0. The number of carbonyl (C=O) groups is 3. The second-order valence-electron chi connectivity index (χ2n) is 14.0. The Labute approximate surface area is 246 Å². The van der Waals surface area contributed by atoms with Gasteiger partial charge in [-0.2, -0.15) is 0 Å². The molecular weight excluding hydrogens is 534 g/mol.